The van der Waals surface area contributed by atoms with E-state index in [4.69, 9.17) is 5.11 Å². The van der Waals surface area contributed by atoms with Gasteiger partial charge in [-0.1, -0.05) is 51.8 Å². The van der Waals surface area contributed by atoms with Gasteiger partial charge in [0.2, 0.25) is 0 Å². The number of aromatic nitrogens is 3. The molecule has 2 saturated carbocycles. The maximum absolute atomic E-state index is 10.5. The van der Waals surface area contributed by atoms with Gasteiger partial charge in [-0.05, 0) is 128 Å². The van der Waals surface area contributed by atoms with Gasteiger partial charge in [0, 0.05) is 36.2 Å². The summed E-state index contributed by atoms with van der Waals surface area (Å²) in [7, 11) is 0. The highest BCUT2D eigenvalue weighted by Gasteiger charge is 2.23. The molecule has 3 fully saturated rings. The van der Waals surface area contributed by atoms with E-state index in [2.05, 4.69) is 81.2 Å². The van der Waals surface area contributed by atoms with E-state index >= 15 is 0 Å². The van der Waals surface area contributed by atoms with Crippen LogP contribution in [0.2, 0.25) is 0 Å². The van der Waals surface area contributed by atoms with Gasteiger partial charge >= 0.3 is 5.97 Å². The molecule has 234 valence electrons. The first-order valence-electron chi connectivity index (χ1n) is 16.2. The van der Waals surface area contributed by atoms with Crippen LogP contribution in [0.4, 0.5) is 0 Å². The lowest BCUT2D eigenvalue weighted by Crippen LogP contribution is -2.32. The lowest BCUT2D eigenvalue weighted by atomic mass is 9.81. The molecule has 1 aliphatic heterocycles. The highest BCUT2D eigenvalue weighted by molar-refractivity contribution is 9.10. The van der Waals surface area contributed by atoms with Crippen LogP contribution in [0, 0.1) is 23.7 Å². The second-order valence-electron chi connectivity index (χ2n) is 12.6. The first kappa shape index (κ1) is 34.8. The highest BCUT2D eigenvalue weighted by Crippen LogP contribution is 2.34. The molecule has 1 saturated heterocycles. The number of nitrogens with one attached hydrogen (secondary N) is 1. The smallest absolute Gasteiger partial charge is 0.306 e. The number of piperidine rings is 1. The van der Waals surface area contributed by atoms with Gasteiger partial charge in [-0.2, -0.15) is 0 Å². The first-order chi connectivity index (χ1) is 20.8. The summed E-state index contributed by atoms with van der Waals surface area (Å²) in [6, 6.07) is 18.6. The number of halogens is 1. The average molecular weight is 652 g/mol. The standard InChI is InChI=1S/C12H17N.C11H16N2.C8H14O2.C5H4BrN/c1-10-5-7-11(8-6-10)12-4-2-3-9-13-12;1-9-5-6-11(13-8-9)10-4-2-3-7-12-10;1-6-2-4-7(5-3-6)8(9)10;6-5-3-1-2-4-7-5/h2-4,9-11H,5-8H2,1H3;2-4,7,9,11,13H,5-6,8H2,1H3;6-7H,2-5H2,1H3,(H,9,10);1-4H. The molecule has 0 bridgehead atoms. The molecular formula is C36H51BrN4O2. The highest BCUT2D eigenvalue weighted by atomic mass is 79.9. The maximum Gasteiger partial charge on any atom is 0.306 e. The summed E-state index contributed by atoms with van der Waals surface area (Å²) in [6.07, 6.45) is 17.4. The quantitative estimate of drug-likeness (QED) is 0.275. The number of carboxylic acids is 1. The zero-order chi connectivity index (χ0) is 30.9. The van der Waals surface area contributed by atoms with Gasteiger partial charge in [-0.15, -0.1) is 0 Å². The molecule has 3 aromatic rings. The number of carboxylic acid groups (broad SMARTS) is 1. The molecule has 3 aromatic heterocycles. The Hall–Kier alpha value is -2.64. The molecule has 6 rings (SSSR count). The van der Waals surface area contributed by atoms with Gasteiger partial charge < -0.3 is 10.4 Å². The summed E-state index contributed by atoms with van der Waals surface area (Å²) in [5.74, 6) is 2.58. The van der Waals surface area contributed by atoms with E-state index in [-0.39, 0.29) is 5.92 Å². The zero-order valence-electron chi connectivity index (χ0n) is 26.2. The van der Waals surface area contributed by atoms with Crippen molar-refractivity contribution in [2.45, 2.75) is 96.9 Å². The third kappa shape index (κ3) is 13.7. The summed E-state index contributed by atoms with van der Waals surface area (Å²) in [5.41, 5.74) is 2.49. The number of aliphatic carboxylic acids is 1. The van der Waals surface area contributed by atoms with Crippen molar-refractivity contribution in [3.05, 3.63) is 89.2 Å². The average Bonchev–Trinajstić information content (AvgIpc) is 3.04. The molecule has 3 aliphatic rings. The SMILES string of the molecule is Brc1ccccn1.CC1CCC(C(=O)O)CC1.CC1CCC(c2ccccn2)CC1.CC1CCC(c2ccccn2)NC1. The molecule has 2 aliphatic carbocycles. The molecule has 0 radical (unpaired) electrons. The van der Waals surface area contributed by atoms with E-state index in [1.54, 1.807) is 6.20 Å². The summed E-state index contributed by atoms with van der Waals surface area (Å²) >= 11 is 3.20. The second-order valence-corrected chi connectivity index (χ2v) is 13.4. The summed E-state index contributed by atoms with van der Waals surface area (Å²) in [4.78, 5) is 23.1. The normalized spacial score (nSPS) is 26.6. The van der Waals surface area contributed by atoms with Crippen LogP contribution in [0.1, 0.15) is 108 Å². The fourth-order valence-electron chi connectivity index (χ4n) is 5.86. The van der Waals surface area contributed by atoms with E-state index in [9.17, 15) is 4.79 Å². The Morgan fingerprint density at radius 1 is 0.674 bits per heavy atom. The van der Waals surface area contributed by atoms with E-state index in [0.717, 1.165) is 60.5 Å². The Bertz CT molecular complexity index is 1070. The minimum absolute atomic E-state index is 0.0452. The van der Waals surface area contributed by atoms with Gasteiger partial charge in [0.05, 0.1) is 11.6 Å². The van der Waals surface area contributed by atoms with Crippen molar-refractivity contribution in [1.29, 1.82) is 0 Å². The Labute approximate surface area is 267 Å². The van der Waals surface area contributed by atoms with E-state index in [1.165, 1.54) is 49.9 Å². The molecule has 0 amide bonds. The van der Waals surface area contributed by atoms with Crippen LogP contribution in [0.25, 0.3) is 0 Å². The molecule has 43 heavy (non-hydrogen) atoms. The maximum atomic E-state index is 10.5. The second kappa shape index (κ2) is 19.6. The van der Waals surface area contributed by atoms with Crippen LogP contribution < -0.4 is 5.32 Å². The molecule has 0 spiro atoms. The number of rotatable bonds is 3. The van der Waals surface area contributed by atoms with Gasteiger partial charge in [0.1, 0.15) is 4.60 Å². The number of hydrogen-bond donors (Lipinski definition) is 2. The number of hydrogen-bond acceptors (Lipinski definition) is 5. The lowest BCUT2D eigenvalue weighted by Gasteiger charge is -2.27. The van der Waals surface area contributed by atoms with Gasteiger partial charge in [-0.3, -0.25) is 14.8 Å². The molecular weight excluding hydrogens is 600 g/mol. The topological polar surface area (TPSA) is 88.0 Å². The predicted molar refractivity (Wildman–Crippen MR) is 179 cm³/mol. The molecule has 6 nitrogen and oxygen atoms in total. The predicted octanol–water partition coefficient (Wildman–Crippen LogP) is 9.26. The molecule has 2 unspecified atom stereocenters. The fraction of sp³-hybridized carbons (Fsp3) is 0.556. The Morgan fingerprint density at radius 3 is 1.60 bits per heavy atom. The van der Waals surface area contributed by atoms with Gasteiger partial charge in [-0.25, -0.2) is 4.98 Å². The fourth-order valence-corrected chi connectivity index (χ4v) is 6.13. The molecule has 0 aromatic carbocycles. The summed E-state index contributed by atoms with van der Waals surface area (Å²) < 4.78 is 0.884. The number of pyridine rings is 3. The minimum Gasteiger partial charge on any atom is -0.481 e. The lowest BCUT2D eigenvalue weighted by molar-refractivity contribution is -0.143. The third-order valence-corrected chi connectivity index (χ3v) is 9.29. The van der Waals surface area contributed by atoms with Crippen LogP contribution in [0.3, 0.4) is 0 Å². The molecule has 7 heteroatoms. The van der Waals surface area contributed by atoms with E-state index < -0.39 is 5.97 Å². The van der Waals surface area contributed by atoms with Gasteiger partial charge in [0.15, 0.2) is 0 Å². The Kier molecular flexibility index (Phi) is 15.9. The van der Waals surface area contributed by atoms with E-state index in [1.807, 2.05) is 42.7 Å². The van der Waals surface area contributed by atoms with Crippen LogP contribution >= 0.6 is 15.9 Å². The van der Waals surface area contributed by atoms with Crippen molar-refractivity contribution < 1.29 is 9.90 Å². The number of carbonyl (C=O) groups is 1. The van der Waals surface area contributed by atoms with Crippen molar-refractivity contribution in [1.82, 2.24) is 20.3 Å². The number of nitrogens with zero attached hydrogens (tertiary/aromatic N) is 3. The first-order valence-corrected chi connectivity index (χ1v) is 17.0. The Balaban J connectivity index is 0.000000161. The largest absolute Gasteiger partial charge is 0.481 e. The van der Waals surface area contributed by atoms with Crippen LogP contribution in [-0.4, -0.2) is 32.6 Å². The van der Waals surface area contributed by atoms with Crippen LogP contribution in [0.5, 0.6) is 0 Å². The summed E-state index contributed by atoms with van der Waals surface area (Å²) in [6.45, 7) is 7.97. The van der Waals surface area contributed by atoms with Crippen molar-refractivity contribution in [2.75, 3.05) is 6.54 Å². The van der Waals surface area contributed by atoms with Crippen molar-refractivity contribution in [3.63, 3.8) is 0 Å². The molecule has 4 heterocycles. The van der Waals surface area contributed by atoms with Crippen molar-refractivity contribution in [2.24, 2.45) is 23.7 Å². The van der Waals surface area contributed by atoms with Crippen molar-refractivity contribution >= 4 is 21.9 Å². The summed E-state index contributed by atoms with van der Waals surface area (Å²) in [5, 5.41) is 12.1. The Morgan fingerprint density at radius 2 is 1.19 bits per heavy atom. The zero-order valence-corrected chi connectivity index (χ0v) is 27.8. The van der Waals surface area contributed by atoms with Gasteiger partial charge in [0.25, 0.3) is 0 Å². The third-order valence-electron chi connectivity index (χ3n) is 8.82. The molecule has 2 atom stereocenters. The van der Waals surface area contributed by atoms with E-state index in [0.29, 0.717) is 6.04 Å². The van der Waals surface area contributed by atoms with Crippen molar-refractivity contribution in [3.8, 4) is 0 Å². The van der Waals surface area contributed by atoms with Crippen LogP contribution in [0.15, 0.2) is 77.8 Å². The molecule has 2 N–H and O–H groups in total. The minimum atomic E-state index is -0.605. The monoisotopic (exact) mass is 650 g/mol. The van der Waals surface area contributed by atoms with Crippen LogP contribution in [-0.2, 0) is 4.79 Å².